The highest BCUT2D eigenvalue weighted by Gasteiger charge is 2.23. The number of nitrogens with zero attached hydrogens (tertiary/aromatic N) is 1. The Labute approximate surface area is 154 Å². The van der Waals surface area contributed by atoms with Gasteiger partial charge in [0.25, 0.3) is 0 Å². The Morgan fingerprint density at radius 3 is 2.78 bits per heavy atom. The third kappa shape index (κ3) is 3.13. The van der Waals surface area contributed by atoms with Gasteiger partial charge in [0, 0.05) is 12.4 Å². The molecule has 0 aliphatic heterocycles. The largest absolute Gasteiger partial charge is 0.461 e. The van der Waals surface area contributed by atoms with Gasteiger partial charge in [-0.05, 0) is 48.4 Å². The van der Waals surface area contributed by atoms with Gasteiger partial charge in [0.15, 0.2) is 5.76 Å². The Balaban J connectivity index is 1.90. The lowest BCUT2D eigenvalue weighted by Crippen LogP contribution is -2.16. The molecule has 0 saturated carbocycles. The Hall–Kier alpha value is -3.67. The van der Waals surface area contributed by atoms with Crippen LogP contribution < -0.4 is 10.2 Å². The van der Waals surface area contributed by atoms with E-state index in [9.17, 15) is 9.59 Å². The molecule has 0 fully saturated rings. The van der Waals surface area contributed by atoms with Gasteiger partial charge in [-0.3, -0.25) is 9.78 Å². The molecule has 0 N–H and O–H groups in total. The molecule has 0 radical (unpaired) electrons. The molecule has 0 atom stereocenters. The summed E-state index contributed by atoms with van der Waals surface area (Å²) in [6.07, 6.45) is 5.13. The number of carbonyl (C=O) groups excluding carboxylic acids is 1. The zero-order valence-corrected chi connectivity index (χ0v) is 14.5. The number of fused-ring (bicyclic) bond motifs is 1. The maximum absolute atomic E-state index is 13.1. The number of carbonyl (C=O) groups is 1. The van der Waals surface area contributed by atoms with Crippen LogP contribution in [0.1, 0.15) is 22.8 Å². The zero-order valence-electron chi connectivity index (χ0n) is 14.5. The quantitative estimate of drug-likeness (QED) is 0.506. The molecular formula is C21H15NO5. The first kappa shape index (κ1) is 16.8. The second-order valence-electron chi connectivity index (χ2n) is 5.88. The predicted octanol–water partition coefficient (Wildman–Crippen LogP) is 4.23. The molecule has 3 heterocycles. The average molecular weight is 361 g/mol. The van der Waals surface area contributed by atoms with E-state index in [1.54, 1.807) is 42.6 Å². The number of ether oxygens (including phenoxy) is 1. The van der Waals surface area contributed by atoms with Crippen LogP contribution in [0.4, 0.5) is 0 Å². The number of hydrogen-bond acceptors (Lipinski definition) is 6. The van der Waals surface area contributed by atoms with Crippen molar-refractivity contribution >= 4 is 16.9 Å². The fraction of sp³-hybridized carbons (Fsp3) is 0.0952. The summed E-state index contributed by atoms with van der Waals surface area (Å²) in [5.74, 6) is -0.546. The number of pyridine rings is 1. The topological polar surface area (TPSA) is 82.5 Å². The van der Waals surface area contributed by atoms with Crippen molar-refractivity contribution in [1.82, 2.24) is 4.98 Å². The number of rotatable bonds is 4. The number of furan rings is 1. The molecule has 4 aromatic rings. The standard InChI is InChI=1S/C21H15NO5/c1-2-13-7-8-16-15(11-13)18(23)20(19(26-16)17-6-4-10-25-17)27-21(24)14-5-3-9-22-12-14/h3-12H,2H2,1H3. The highest BCUT2D eigenvalue weighted by Crippen LogP contribution is 2.32. The lowest BCUT2D eigenvalue weighted by atomic mass is 10.1. The Kier molecular flexibility index (Phi) is 4.30. The summed E-state index contributed by atoms with van der Waals surface area (Å²) < 4.78 is 16.7. The fourth-order valence-corrected chi connectivity index (χ4v) is 2.74. The Bertz CT molecular complexity index is 1160. The summed E-state index contributed by atoms with van der Waals surface area (Å²) in [5.41, 5.74) is 1.16. The molecule has 27 heavy (non-hydrogen) atoms. The maximum Gasteiger partial charge on any atom is 0.345 e. The summed E-state index contributed by atoms with van der Waals surface area (Å²) in [5, 5.41) is 0.346. The molecule has 0 unspecified atom stereocenters. The van der Waals surface area contributed by atoms with Crippen LogP contribution in [0.15, 0.2) is 74.8 Å². The molecule has 0 spiro atoms. The van der Waals surface area contributed by atoms with Crippen LogP contribution in [0, 0.1) is 0 Å². The molecule has 0 amide bonds. The van der Waals surface area contributed by atoms with Crippen molar-refractivity contribution in [2.75, 3.05) is 0 Å². The monoisotopic (exact) mass is 361 g/mol. The van der Waals surface area contributed by atoms with Crippen molar-refractivity contribution in [2.24, 2.45) is 0 Å². The van der Waals surface area contributed by atoms with Gasteiger partial charge in [0.05, 0.1) is 17.2 Å². The van der Waals surface area contributed by atoms with E-state index in [0.29, 0.717) is 16.7 Å². The molecule has 6 nitrogen and oxygen atoms in total. The van der Waals surface area contributed by atoms with Crippen molar-refractivity contribution in [1.29, 1.82) is 0 Å². The second kappa shape index (κ2) is 6.92. The average Bonchev–Trinajstić information content (AvgIpc) is 3.25. The molecule has 0 aliphatic rings. The molecule has 1 aromatic carbocycles. The van der Waals surface area contributed by atoms with Crippen LogP contribution in [-0.4, -0.2) is 11.0 Å². The van der Waals surface area contributed by atoms with Gasteiger partial charge in [-0.1, -0.05) is 13.0 Å². The Morgan fingerprint density at radius 1 is 1.19 bits per heavy atom. The molecule has 134 valence electrons. The summed E-state index contributed by atoms with van der Waals surface area (Å²) in [6.45, 7) is 1.99. The number of esters is 1. The van der Waals surface area contributed by atoms with E-state index >= 15 is 0 Å². The SMILES string of the molecule is CCc1ccc2oc(-c3ccco3)c(OC(=O)c3cccnc3)c(=O)c2c1. The van der Waals surface area contributed by atoms with E-state index in [4.69, 9.17) is 13.6 Å². The van der Waals surface area contributed by atoms with Crippen molar-refractivity contribution in [3.05, 3.63) is 82.5 Å². The maximum atomic E-state index is 13.1. The number of aryl methyl sites for hydroxylation is 1. The zero-order chi connectivity index (χ0) is 18.8. The van der Waals surface area contributed by atoms with Gasteiger partial charge in [0.1, 0.15) is 5.58 Å². The van der Waals surface area contributed by atoms with Gasteiger partial charge >= 0.3 is 5.97 Å². The molecule has 6 heteroatoms. The van der Waals surface area contributed by atoms with Gasteiger partial charge in [0.2, 0.25) is 16.9 Å². The van der Waals surface area contributed by atoms with E-state index in [1.807, 2.05) is 13.0 Å². The molecule has 0 saturated heterocycles. The van der Waals surface area contributed by atoms with E-state index < -0.39 is 11.4 Å². The smallest absolute Gasteiger partial charge is 0.345 e. The van der Waals surface area contributed by atoms with Crippen LogP contribution in [0.3, 0.4) is 0 Å². The predicted molar refractivity (Wildman–Crippen MR) is 98.8 cm³/mol. The molecule has 3 aromatic heterocycles. The van der Waals surface area contributed by atoms with Crippen molar-refractivity contribution < 1.29 is 18.4 Å². The lowest BCUT2D eigenvalue weighted by Gasteiger charge is -2.09. The third-order valence-corrected chi connectivity index (χ3v) is 4.16. The minimum atomic E-state index is -0.700. The van der Waals surface area contributed by atoms with Gasteiger partial charge < -0.3 is 13.6 Å². The molecule has 4 rings (SSSR count). The summed E-state index contributed by atoms with van der Waals surface area (Å²) in [4.78, 5) is 29.5. The van der Waals surface area contributed by atoms with Crippen LogP contribution >= 0.6 is 0 Å². The normalized spacial score (nSPS) is 10.9. The molecular weight excluding hydrogens is 346 g/mol. The van der Waals surface area contributed by atoms with Crippen LogP contribution in [-0.2, 0) is 6.42 Å². The van der Waals surface area contributed by atoms with Gasteiger partial charge in [-0.2, -0.15) is 0 Å². The minimum absolute atomic E-state index is 0.0685. The number of hydrogen-bond donors (Lipinski definition) is 0. The van der Waals surface area contributed by atoms with Gasteiger partial charge in [-0.15, -0.1) is 0 Å². The summed E-state index contributed by atoms with van der Waals surface area (Å²) in [7, 11) is 0. The third-order valence-electron chi connectivity index (χ3n) is 4.16. The summed E-state index contributed by atoms with van der Waals surface area (Å²) >= 11 is 0. The van der Waals surface area contributed by atoms with E-state index in [1.165, 1.54) is 12.5 Å². The van der Waals surface area contributed by atoms with Gasteiger partial charge in [-0.25, -0.2) is 4.79 Å². The fourth-order valence-electron chi connectivity index (χ4n) is 2.74. The number of benzene rings is 1. The molecule has 0 aliphatic carbocycles. The lowest BCUT2D eigenvalue weighted by molar-refractivity contribution is 0.0730. The van der Waals surface area contributed by atoms with Crippen molar-refractivity contribution in [3.63, 3.8) is 0 Å². The minimum Gasteiger partial charge on any atom is -0.461 e. The van der Waals surface area contributed by atoms with E-state index in [0.717, 1.165) is 12.0 Å². The molecule has 0 bridgehead atoms. The number of aromatic nitrogens is 1. The van der Waals surface area contributed by atoms with E-state index in [-0.39, 0.29) is 17.1 Å². The van der Waals surface area contributed by atoms with Crippen molar-refractivity contribution in [3.8, 4) is 17.3 Å². The van der Waals surface area contributed by atoms with Crippen LogP contribution in [0.5, 0.6) is 5.75 Å². The summed E-state index contributed by atoms with van der Waals surface area (Å²) in [6, 6.07) is 11.8. The second-order valence-corrected chi connectivity index (χ2v) is 5.88. The van der Waals surface area contributed by atoms with E-state index in [2.05, 4.69) is 4.98 Å². The van der Waals surface area contributed by atoms with Crippen LogP contribution in [0.2, 0.25) is 0 Å². The van der Waals surface area contributed by atoms with Crippen LogP contribution in [0.25, 0.3) is 22.5 Å². The van der Waals surface area contributed by atoms with Crippen molar-refractivity contribution in [2.45, 2.75) is 13.3 Å². The first-order valence-corrected chi connectivity index (χ1v) is 8.43. The Morgan fingerprint density at radius 2 is 2.07 bits per heavy atom. The first-order valence-electron chi connectivity index (χ1n) is 8.43. The highest BCUT2D eigenvalue weighted by atomic mass is 16.5. The highest BCUT2D eigenvalue weighted by molar-refractivity contribution is 5.92. The first-order chi connectivity index (χ1) is 13.2.